The molecule has 1 aliphatic heterocycles. The fourth-order valence-corrected chi connectivity index (χ4v) is 4.56. The summed E-state index contributed by atoms with van der Waals surface area (Å²) >= 11 is 0. The minimum Gasteiger partial charge on any atom is -0.377 e. The summed E-state index contributed by atoms with van der Waals surface area (Å²) < 4.78 is 6.04. The van der Waals surface area contributed by atoms with Crippen molar-refractivity contribution in [2.75, 3.05) is 13.7 Å². The molecule has 3 atom stereocenters. The van der Waals surface area contributed by atoms with Crippen LogP contribution in [0, 0.1) is 11.3 Å². The van der Waals surface area contributed by atoms with Gasteiger partial charge in [0.25, 0.3) is 0 Å². The number of hydrogen-bond acceptors (Lipinski definition) is 2. The summed E-state index contributed by atoms with van der Waals surface area (Å²) in [5.41, 5.74) is 0.427. The molecule has 3 unspecified atom stereocenters. The molecule has 3 aliphatic rings. The first kappa shape index (κ1) is 14.2. The smallest absolute Gasteiger partial charge is 0.191 e. The van der Waals surface area contributed by atoms with Gasteiger partial charge in [-0.05, 0) is 40.0 Å². The molecule has 0 bridgehead atoms. The molecule has 0 aromatic carbocycles. The molecule has 1 spiro atoms. The van der Waals surface area contributed by atoms with E-state index in [4.69, 9.17) is 4.74 Å². The van der Waals surface area contributed by atoms with E-state index in [0.29, 0.717) is 23.5 Å². The highest BCUT2D eigenvalue weighted by atomic mass is 16.5. The van der Waals surface area contributed by atoms with Gasteiger partial charge in [-0.25, -0.2) is 0 Å². The van der Waals surface area contributed by atoms with Crippen molar-refractivity contribution >= 4 is 5.96 Å². The molecule has 20 heavy (non-hydrogen) atoms. The maximum absolute atomic E-state index is 6.04. The maximum atomic E-state index is 6.04. The van der Waals surface area contributed by atoms with Crippen molar-refractivity contribution in [2.45, 2.75) is 70.6 Å². The molecular weight excluding hydrogens is 250 g/mol. The summed E-state index contributed by atoms with van der Waals surface area (Å²) in [6.07, 6.45) is 7.06. The Bertz CT molecular complexity index is 393. The Kier molecular flexibility index (Phi) is 3.47. The molecule has 1 saturated heterocycles. The van der Waals surface area contributed by atoms with Gasteiger partial charge in [-0.15, -0.1) is 0 Å². The zero-order chi connectivity index (χ0) is 14.4. The van der Waals surface area contributed by atoms with Crippen LogP contribution in [-0.2, 0) is 4.74 Å². The predicted octanol–water partition coefficient (Wildman–Crippen LogP) is 2.30. The monoisotopic (exact) mass is 279 g/mol. The molecule has 2 aliphatic carbocycles. The van der Waals surface area contributed by atoms with Gasteiger partial charge in [0, 0.05) is 36.6 Å². The van der Waals surface area contributed by atoms with Crippen molar-refractivity contribution in [3.63, 3.8) is 0 Å². The van der Waals surface area contributed by atoms with Crippen LogP contribution in [0.25, 0.3) is 0 Å². The summed E-state index contributed by atoms with van der Waals surface area (Å²) in [6, 6.07) is 0.547. The Hall–Kier alpha value is -0.770. The van der Waals surface area contributed by atoms with E-state index in [1.165, 1.54) is 32.1 Å². The van der Waals surface area contributed by atoms with Crippen LogP contribution in [0.15, 0.2) is 4.99 Å². The summed E-state index contributed by atoms with van der Waals surface area (Å²) in [5.74, 6) is 1.63. The van der Waals surface area contributed by atoms with Crippen molar-refractivity contribution in [2.24, 2.45) is 16.3 Å². The molecule has 114 valence electrons. The van der Waals surface area contributed by atoms with Gasteiger partial charge < -0.3 is 15.4 Å². The topological polar surface area (TPSA) is 45.7 Å². The average molecular weight is 279 g/mol. The summed E-state index contributed by atoms with van der Waals surface area (Å²) in [4.78, 5) is 4.42. The van der Waals surface area contributed by atoms with Crippen molar-refractivity contribution < 1.29 is 4.74 Å². The molecule has 0 amide bonds. The SMILES string of the molecule is CN=C(NC1C2CCOC2C12CCCC2)NC(C)(C)C. The number of ether oxygens (including phenoxy) is 1. The number of nitrogens with zero attached hydrogens (tertiary/aromatic N) is 1. The van der Waals surface area contributed by atoms with Gasteiger partial charge >= 0.3 is 0 Å². The van der Waals surface area contributed by atoms with E-state index in [0.717, 1.165) is 12.6 Å². The normalized spacial score (nSPS) is 35.8. The average Bonchev–Trinajstić information content (AvgIpc) is 3.00. The first-order valence-electron chi connectivity index (χ1n) is 8.09. The van der Waals surface area contributed by atoms with Crippen LogP contribution in [0.2, 0.25) is 0 Å². The number of fused-ring (bicyclic) bond motifs is 2. The quantitative estimate of drug-likeness (QED) is 0.572. The zero-order valence-corrected chi connectivity index (χ0v) is 13.3. The second kappa shape index (κ2) is 4.90. The summed E-state index contributed by atoms with van der Waals surface area (Å²) in [7, 11) is 1.86. The maximum Gasteiger partial charge on any atom is 0.191 e. The first-order valence-corrected chi connectivity index (χ1v) is 8.09. The second-order valence-electron chi connectivity index (χ2n) is 7.75. The highest BCUT2D eigenvalue weighted by Gasteiger charge is 2.65. The fourth-order valence-electron chi connectivity index (χ4n) is 4.56. The minimum absolute atomic E-state index is 0.0417. The van der Waals surface area contributed by atoms with E-state index in [1.54, 1.807) is 0 Å². The highest BCUT2D eigenvalue weighted by Crippen LogP contribution is 2.60. The summed E-state index contributed by atoms with van der Waals surface area (Å²) in [5, 5.41) is 7.21. The van der Waals surface area contributed by atoms with E-state index in [9.17, 15) is 0 Å². The molecule has 3 rings (SSSR count). The number of aliphatic imine (C=N–C) groups is 1. The van der Waals surface area contributed by atoms with Crippen LogP contribution in [0.3, 0.4) is 0 Å². The van der Waals surface area contributed by atoms with Gasteiger partial charge in [-0.1, -0.05) is 12.8 Å². The standard InChI is InChI=1S/C16H29N3O/c1-15(2,3)19-14(17-4)18-12-11-7-10-20-13(11)16(12)8-5-6-9-16/h11-13H,5-10H2,1-4H3,(H2,17,18,19). The lowest BCUT2D eigenvalue weighted by molar-refractivity contribution is -0.125. The molecule has 1 heterocycles. The highest BCUT2D eigenvalue weighted by molar-refractivity contribution is 5.81. The lowest BCUT2D eigenvalue weighted by atomic mass is 9.54. The molecule has 4 heteroatoms. The molecule has 0 aromatic rings. The Morgan fingerprint density at radius 3 is 2.55 bits per heavy atom. The lowest BCUT2D eigenvalue weighted by Crippen LogP contribution is -2.70. The molecule has 0 radical (unpaired) electrons. The van der Waals surface area contributed by atoms with E-state index in [-0.39, 0.29) is 5.54 Å². The fraction of sp³-hybridized carbons (Fsp3) is 0.938. The number of guanidine groups is 1. The third-order valence-electron chi connectivity index (χ3n) is 5.30. The Morgan fingerprint density at radius 2 is 1.95 bits per heavy atom. The largest absolute Gasteiger partial charge is 0.377 e. The second-order valence-corrected chi connectivity index (χ2v) is 7.75. The van der Waals surface area contributed by atoms with Crippen LogP contribution in [-0.4, -0.2) is 37.3 Å². The van der Waals surface area contributed by atoms with Crippen molar-refractivity contribution in [1.82, 2.24) is 10.6 Å². The van der Waals surface area contributed by atoms with E-state index in [1.807, 2.05) is 7.05 Å². The van der Waals surface area contributed by atoms with Gasteiger partial charge in [0.05, 0.1) is 6.10 Å². The van der Waals surface area contributed by atoms with E-state index in [2.05, 4.69) is 36.4 Å². The van der Waals surface area contributed by atoms with Crippen LogP contribution in [0.5, 0.6) is 0 Å². The number of hydrogen-bond donors (Lipinski definition) is 2. The minimum atomic E-state index is 0.0417. The molecule has 4 nitrogen and oxygen atoms in total. The zero-order valence-electron chi connectivity index (χ0n) is 13.3. The molecular formula is C16H29N3O. The van der Waals surface area contributed by atoms with Gasteiger partial charge in [-0.3, -0.25) is 4.99 Å². The van der Waals surface area contributed by atoms with Crippen LogP contribution < -0.4 is 10.6 Å². The molecule has 2 saturated carbocycles. The Labute approximate surface area is 122 Å². The molecule has 2 N–H and O–H groups in total. The van der Waals surface area contributed by atoms with Gasteiger partial charge in [0.2, 0.25) is 0 Å². The first-order chi connectivity index (χ1) is 9.46. The van der Waals surface area contributed by atoms with E-state index >= 15 is 0 Å². The Balaban J connectivity index is 1.72. The van der Waals surface area contributed by atoms with Crippen molar-refractivity contribution in [1.29, 1.82) is 0 Å². The Morgan fingerprint density at radius 1 is 1.25 bits per heavy atom. The van der Waals surface area contributed by atoms with Crippen LogP contribution in [0.4, 0.5) is 0 Å². The summed E-state index contributed by atoms with van der Waals surface area (Å²) in [6.45, 7) is 7.47. The van der Waals surface area contributed by atoms with Crippen LogP contribution in [0.1, 0.15) is 52.9 Å². The van der Waals surface area contributed by atoms with Gasteiger partial charge in [-0.2, -0.15) is 0 Å². The molecule has 3 fully saturated rings. The van der Waals surface area contributed by atoms with Gasteiger partial charge in [0.15, 0.2) is 5.96 Å². The van der Waals surface area contributed by atoms with Crippen LogP contribution >= 0.6 is 0 Å². The third-order valence-corrected chi connectivity index (χ3v) is 5.30. The van der Waals surface area contributed by atoms with Crippen molar-refractivity contribution in [3.05, 3.63) is 0 Å². The molecule has 0 aromatic heterocycles. The third kappa shape index (κ3) is 2.22. The number of rotatable bonds is 1. The predicted molar refractivity (Wildman–Crippen MR) is 81.9 cm³/mol. The van der Waals surface area contributed by atoms with Gasteiger partial charge in [0.1, 0.15) is 0 Å². The van der Waals surface area contributed by atoms with E-state index < -0.39 is 0 Å². The number of nitrogens with one attached hydrogen (secondary N) is 2. The lowest BCUT2D eigenvalue weighted by Gasteiger charge is -2.57. The van der Waals surface area contributed by atoms with Crippen molar-refractivity contribution in [3.8, 4) is 0 Å².